The molecule has 0 aromatic carbocycles. The molecule has 0 bridgehead atoms. The molecule has 8 heavy (non-hydrogen) atoms. The van der Waals surface area contributed by atoms with Crippen LogP contribution in [0.15, 0.2) is 29.3 Å². The Hall–Kier alpha value is -0.850. The van der Waals surface area contributed by atoms with Gasteiger partial charge in [-0.05, 0) is 13.6 Å². The summed E-state index contributed by atoms with van der Waals surface area (Å²) >= 11 is 0. The van der Waals surface area contributed by atoms with Crippen LogP contribution in [0.2, 0.25) is 0 Å². The van der Waals surface area contributed by atoms with E-state index in [0.717, 1.165) is 0 Å². The lowest BCUT2D eigenvalue weighted by Gasteiger charge is -1.88. The normalized spacial score (nSPS) is 10.9. The van der Waals surface area contributed by atoms with Crippen molar-refractivity contribution in [3.05, 3.63) is 24.3 Å². The fourth-order valence-electron chi connectivity index (χ4n) is 0.430. The van der Waals surface area contributed by atoms with E-state index in [2.05, 4.69) is 18.3 Å². The predicted octanol–water partition coefficient (Wildman–Crippen LogP) is 1.82. The standard InChI is InChI=1S/C7H11N/c1-4-5-7(2)6-8-3/h4-5H,1,3,6H2,2H3/b7-5-. The molecule has 44 valence electrons. The summed E-state index contributed by atoms with van der Waals surface area (Å²) in [6.07, 6.45) is 3.68. The van der Waals surface area contributed by atoms with Gasteiger partial charge >= 0.3 is 0 Å². The summed E-state index contributed by atoms with van der Waals surface area (Å²) in [6, 6.07) is 0. The maximum atomic E-state index is 3.69. The second kappa shape index (κ2) is 4.31. The zero-order valence-electron chi connectivity index (χ0n) is 5.22. The SMILES string of the molecule is C=C/C=C(/C)CN=C. The first-order chi connectivity index (χ1) is 3.81. The molecule has 0 aliphatic carbocycles. The van der Waals surface area contributed by atoms with E-state index in [9.17, 15) is 0 Å². The van der Waals surface area contributed by atoms with E-state index in [1.54, 1.807) is 6.08 Å². The van der Waals surface area contributed by atoms with Gasteiger partial charge in [0.15, 0.2) is 0 Å². The molecule has 0 heterocycles. The van der Waals surface area contributed by atoms with E-state index in [1.807, 2.05) is 13.0 Å². The molecule has 0 saturated carbocycles. The molecule has 0 fully saturated rings. The monoisotopic (exact) mass is 109 g/mol. The Morgan fingerprint density at radius 3 is 2.75 bits per heavy atom. The topological polar surface area (TPSA) is 12.4 Å². The largest absolute Gasteiger partial charge is 0.297 e. The highest BCUT2D eigenvalue weighted by molar-refractivity contribution is 5.25. The molecule has 0 atom stereocenters. The maximum absolute atomic E-state index is 3.69. The van der Waals surface area contributed by atoms with Crippen molar-refractivity contribution in [2.24, 2.45) is 4.99 Å². The summed E-state index contributed by atoms with van der Waals surface area (Å²) < 4.78 is 0. The number of aliphatic imine (C=N–C) groups is 1. The zero-order valence-corrected chi connectivity index (χ0v) is 5.22. The molecule has 0 aromatic heterocycles. The summed E-state index contributed by atoms with van der Waals surface area (Å²) in [5.74, 6) is 0. The van der Waals surface area contributed by atoms with Crippen molar-refractivity contribution in [2.75, 3.05) is 6.54 Å². The van der Waals surface area contributed by atoms with E-state index < -0.39 is 0 Å². The molecule has 0 radical (unpaired) electrons. The highest BCUT2D eigenvalue weighted by Gasteiger charge is 1.78. The summed E-state index contributed by atoms with van der Waals surface area (Å²) in [5.41, 5.74) is 1.19. The second-order valence-corrected chi connectivity index (χ2v) is 1.63. The van der Waals surface area contributed by atoms with Crippen molar-refractivity contribution in [1.82, 2.24) is 0 Å². The number of nitrogens with zero attached hydrogens (tertiary/aromatic N) is 1. The predicted molar refractivity (Wildman–Crippen MR) is 38.4 cm³/mol. The van der Waals surface area contributed by atoms with Crippen LogP contribution >= 0.6 is 0 Å². The highest BCUT2D eigenvalue weighted by Crippen LogP contribution is 1.90. The van der Waals surface area contributed by atoms with Crippen LogP contribution in [0.1, 0.15) is 6.92 Å². The Balaban J connectivity index is 3.60. The molecule has 0 aliphatic heterocycles. The highest BCUT2D eigenvalue weighted by atomic mass is 14.7. The third kappa shape index (κ3) is 3.34. The quantitative estimate of drug-likeness (QED) is 0.387. The third-order valence-electron chi connectivity index (χ3n) is 0.764. The first-order valence-electron chi connectivity index (χ1n) is 2.52. The van der Waals surface area contributed by atoms with Gasteiger partial charge in [-0.3, -0.25) is 4.99 Å². The van der Waals surface area contributed by atoms with Crippen molar-refractivity contribution in [1.29, 1.82) is 0 Å². The minimum Gasteiger partial charge on any atom is -0.297 e. The molecular formula is C7H11N. The molecule has 0 unspecified atom stereocenters. The van der Waals surface area contributed by atoms with Crippen LogP contribution in [0.5, 0.6) is 0 Å². The summed E-state index contributed by atoms with van der Waals surface area (Å²) in [7, 11) is 0. The van der Waals surface area contributed by atoms with Crippen LogP contribution in [-0.4, -0.2) is 13.3 Å². The van der Waals surface area contributed by atoms with Crippen LogP contribution < -0.4 is 0 Å². The van der Waals surface area contributed by atoms with E-state index in [4.69, 9.17) is 0 Å². The Kier molecular flexibility index (Phi) is 3.85. The minimum atomic E-state index is 0.714. The van der Waals surface area contributed by atoms with Gasteiger partial charge in [0.1, 0.15) is 0 Å². The molecule has 0 spiro atoms. The van der Waals surface area contributed by atoms with Crippen molar-refractivity contribution in [3.63, 3.8) is 0 Å². The van der Waals surface area contributed by atoms with Crippen LogP contribution in [0.25, 0.3) is 0 Å². The van der Waals surface area contributed by atoms with Gasteiger partial charge < -0.3 is 0 Å². The van der Waals surface area contributed by atoms with Gasteiger partial charge in [-0.15, -0.1) is 0 Å². The molecule has 0 amide bonds. The van der Waals surface area contributed by atoms with Gasteiger partial charge in [-0.2, -0.15) is 0 Å². The summed E-state index contributed by atoms with van der Waals surface area (Å²) in [6.45, 7) is 9.61. The Morgan fingerprint density at radius 1 is 1.75 bits per heavy atom. The molecule has 0 saturated heterocycles. The maximum Gasteiger partial charge on any atom is 0.0592 e. The first kappa shape index (κ1) is 7.15. The fourth-order valence-corrected chi connectivity index (χ4v) is 0.430. The molecule has 1 heteroatoms. The van der Waals surface area contributed by atoms with Gasteiger partial charge in [0.05, 0.1) is 6.54 Å². The van der Waals surface area contributed by atoms with Crippen molar-refractivity contribution < 1.29 is 0 Å². The zero-order chi connectivity index (χ0) is 6.41. The van der Waals surface area contributed by atoms with Gasteiger partial charge in [0, 0.05) is 0 Å². The van der Waals surface area contributed by atoms with E-state index >= 15 is 0 Å². The van der Waals surface area contributed by atoms with Gasteiger partial charge in [-0.1, -0.05) is 24.3 Å². The van der Waals surface area contributed by atoms with Crippen LogP contribution in [0.3, 0.4) is 0 Å². The third-order valence-corrected chi connectivity index (χ3v) is 0.764. The van der Waals surface area contributed by atoms with Crippen molar-refractivity contribution >= 4 is 6.72 Å². The van der Waals surface area contributed by atoms with Gasteiger partial charge in [-0.25, -0.2) is 0 Å². The second-order valence-electron chi connectivity index (χ2n) is 1.63. The first-order valence-corrected chi connectivity index (χ1v) is 2.52. The van der Waals surface area contributed by atoms with Crippen LogP contribution in [-0.2, 0) is 0 Å². The Bertz CT molecular complexity index is 112. The summed E-state index contributed by atoms with van der Waals surface area (Å²) in [5, 5.41) is 0. The lowest BCUT2D eigenvalue weighted by molar-refractivity contribution is 1.15. The van der Waals surface area contributed by atoms with E-state index in [-0.39, 0.29) is 0 Å². The molecule has 0 rings (SSSR count). The van der Waals surface area contributed by atoms with Crippen LogP contribution in [0.4, 0.5) is 0 Å². The Morgan fingerprint density at radius 2 is 2.38 bits per heavy atom. The molecule has 1 nitrogen and oxygen atoms in total. The number of hydrogen-bond acceptors (Lipinski definition) is 1. The van der Waals surface area contributed by atoms with Gasteiger partial charge in [0.25, 0.3) is 0 Å². The Labute approximate surface area is 50.4 Å². The molecule has 0 N–H and O–H groups in total. The minimum absolute atomic E-state index is 0.714. The fraction of sp³-hybridized carbons (Fsp3) is 0.286. The number of allylic oxidation sites excluding steroid dienone is 2. The van der Waals surface area contributed by atoms with E-state index in [1.165, 1.54) is 5.57 Å². The van der Waals surface area contributed by atoms with E-state index in [0.29, 0.717) is 6.54 Å². The summed E-state index contributed by atoms with van der Waals surface area (Å²) in [4.78, 5) is 3.69. The van der Waals surface area contributed by atoms with Crippen molar-refractivity contribution in [2.45, 2.75) is 6.92 Å². The molecule has 0 aliphatic rings. The lowest BCUT2D eigenvalue weighted by atomic mass is 10.3. The molecular weight excluding hydrogens is 98.1 g/mol. The van der Waals surface area contributed by atoms with Crippen molar-refractivity contribution in [3.8, 4) is 0 Å². The lowest BCUT2D eigenvalue weighted by Crippen LogP contribution is -1.78. The molecule has 0 aromatic rings. The smallest absolute Gasteiger partial charge is 0.0592 e. The average molecular weight is 109 g/mol. The number of rotatable bonds is 3. The average Bonchev–Trinajstić information content (AvgIpc) is 1.68. The number of hydrogen-bond donors (Lipinski definition) is 0. The van der Waals surface area contributed by atoms with Gasteiger partial charge in [0.2, 0.25) is 0 Å². The van der Waals surface area contributed by atoms with Crippen LogP contribution in [0, 0.1) is 0 Å².